The van der Waals surface area contributed by atoms with E-state index in [1.807, 2.05) is 37.5 Å². The Morgan fingerprint density at radius 1 is 1.21 bits per heavy atom. The standard InChI is InChI=1S/C22H24N4O3/c1-23-22(19-7-2-4-10-24-19)8-12-25(13-9-22)15-16-14-17(21(28)29)20(27)26-11-5-3-6-18(16)26/h2-7,10-11,14,23H,8-9,12-13,15H2,1H3,(H,28,29). The molecule has 1 fully saturated rings. The highest BCUT2D eigenvalue weighted by Gasteiger charge is 2.36. The molecule has 4 rings (SSSR count). The summed E-state index contributed by atoms with van der Waals surface area (Å²) in [6.45, 7) is 2.28. The second kappa shape index (κ2) is 7.77. The van der Waals surface area contributed by atoms with Crippen molar-refractivity contribution in [1.29, 1.82) is 0 Å². The van der Waals surface area contributed by atoms with Gasteiger partial charge in [-0.3, -0.25) is 19.1 Å². The summed E-state index contributed by atoms with van der Waals surface area (Å²) in [5.41, 5.74) is 1.79. The summed E-state index contributed by atoms with van der Waals surface area (Å²) in [6, 6.07) is 13.0. The van der Waals surface area contributed by atoms with Gasteiger partial charge in [0.2, 0.25) is 0 Å². The summed E-state index contributed by atoms with van der Waals surface area (Å²) in [4.78, 5) is 30.9. The first-order chi connectivity index (χ1) is 14.0. The van der Waals surface area contributed by atoms with Crippen molar-refractivity contribution >= 4 is 11.5 Å². The first kappa shape index (κ1) is 19.3. The summed E-state index contributed by atoms with van der Waals surface area (Å²) in [5, 5.41) is 12.9. The molecule has 0 amide bonds. The quantitative estimate of drug-likeness (QED) is 0.692. The monoisotopic (exact) mass is 392 g/mol. The predicted molar refractivity (Wildman–Crippen MR) is 110 cm³/mol. The van der Waals surface area contributed by atoms with Crippen molar-refractivity contribution in [2.24, 2.45) is 0 Å². The van der Waals surface area contributed by atoms with E-state index in [0.717, 1.165) is 42.7 Å². The van der Waals surface area contributed by atoms with Gasteiger partial charge in [0.05, 0.1) is 16.7 Å². The highest BCUT2D eigenvalue weighted by Crippen LogP contribution is 2.32. The highest BCUT2D eigenvalue weighted by atomic mass is 16.4. The lowest BCUT2D eigenvalue weighted by atomic mass is 9.84. The number of aromatic nitrogens is 2. The van der Waals surface area contributed by atoms with Crippen LogP contribution in [0.2, 0.25) is 0 Å². The molecule has 29 heavy (non-hydrogen) atoms. The molecule has 2 N–H and O–H groups in total. The fraction of sp³-hybridized carbons (Fsp3) is 0.318. The highest BCUT2D eigenvalue weighted by molar-refractivity contribution is 5.88. The van der Waals surface area contributed by atoms with Crippen molar-refractivity contribution in [1.82, 2.24) is 19.6 Å². The van der Waals surface area contributed by atoms with Crippen LogP contribution in [0, 0.1) is 0 Å². The molecule has 0 saturated carbocycles. The summed E-state index contributed by atoms with van der Waals surface area (Å²) in [5.74, 6) is -1.20. The van der Waals surface area contributed by atoms with E-state index >= 15 is 0 Å². The first-order valence-electron chi connectivity index (χ1n) is 9.73. The van der Waals surface area contributed by atoms with Gasteiger partial charge >= 0.3 is 5.97 Å². The maximum atomic E-state index is 12.4. The first-order valence-corrected chi connectivity index (χ1v) is 9.73. The van der Waals surface area contributed by atoms with E-state index < -0.39 is 11.5 Å². The zero-order valence-electron chi connectivity index (χ0n) is 16.3. The molecule has 1 aliphatic heterocycles. The molecule has 0 radical (unpaired) electrons. The van der Waals surface area contributed by atoms with E-state index in [-0.39, 0.29) is 11.1 Å². The molecule has 0 atom stereocenters. The Bertz CT molecular complexity index is 1090. The normalized spacial score (nSPS) is 16.7. The van der Waals surface area contributed by atoms with Gasteiger partial charge in [-0.25, -0.2) is 4.79 Å². The van der Waals surface area contributed by atoms with Crippen molar-refractivity contribution in [2.45, 2.75) is 24.9 Å². The molecule has 0 bridgehead atoms. The molecule has 3 aromatic heterocycles. The Balaban J connectivity index is 1.60. The van der Waals surface area contributed by atoms with Crippen molar-refractivity contribution in [3.63, 3.8) is 0 Å². The van der Waals surface area contributed by atoms with Crippen molar-refractivity contribution in [2.75, 3.05) is 20.1 Å². The zero-order valence-corrected chi connectivity index (χ0v) is 16.3. The largest absolute Gasteiger partial charge is 0.477 e. The second-order valence-corrected chi connectivity index (χ2v) is 7.47. The average molecular weight is 392 g/mol. The van der Waals surface area contributed by atoms with Crippen LogP contribution in [0.5, 0.6) is 0 Å². The molecule has 1 saturated heterocycles. The molecule has 7 nitrogen and oxygen atoms in total. The van der Waals surface area contributed by atoms with Gasteiger partial charge in [-0.2, -0.15) is 0 Å². The maximum Gasteiger partial charge on any atom is 0.341 e. The van der Waals surface area contributed by atoms with Gasteiger partial charge in [-0.1, -0.05) is 12.1 Å². The molecular formula is C22H24N4O3. The number of nitrogens with one attached hydrogen (secondary N) is 1. The molecule has 150 valence electrons. The Kier molecular flexibility index (Phi) is 5.17. The number of fused-ring (bicyclic) bond motifs is 1. The number of carboxylic acid groups (broad SMARTS) is 1. The van der Waals surface area contributed by atoms with Gasteiger partial charge in [0.15, 0.2) is 0 Å². The van der Waals surface area contributed by atoms with Gasteiger partial charge in [-0.05, 0) is 55.8 Å². The lowest BCUT2D eigenvalue weighted by Gasteiger charge is -2.41. The average Bonchev–Trinajstić information content (AvgIpc) is 2.77. The minimum absolute atomic E-state index is 0.153. The van der Waals surface area contributed by atoms with Crippen LogP contribution in [-0.4, -0.2) is 45.5 Å². The number of aromatic carboxylic acids is 1. The SMILES string of the molecule is CNC1(c2ccccn2)CCN(Cc2cc(C(=O)O)c(=O)n3ccccc23)CC1. The molecule has 0 spiro atoms. The summed E-state index contributed by atoms with van der Waals surface area (Å²) in [7, 11) is 1.97. The Morgan fingerprint density at radius 3 is 2.62 bits per heavy atom. The number of likely N-dealkylation sites (tertiary alicyclic amines) is 1. The number of hydrogen-bond acceptors (Lipinski definition) is 5. The number of rotatable bonds is 5. The fourth-order valence-electron chi connectivity index (χ4n) is 4.22. The maximum absolute atomic E-state index is 12.4. The molecule has 4 heterocycles. The van der Waals surface area contributed by atoms with Crippen LogP contribution in [0.1, 0.15) is 34.5 Å². The number of carbonyl (C=O) groups is 1. The van der Waals surface area contributed by atoms with Crippen LogP contribution < -0.4 is 10.9 Å². The van der Waals surface area contributed by atoms with Gasteiger partial charge in [-0.15, -0.1) is 0 Å². The minimum atomic E-state index is -1.20. The van der Waals surface area contributed by atoms with Gasteiger partial charge in [0, 0.05) is 32.0 Å². The van der Waals surface area contributed by atoms with Crippen molar-refractivity contribution in [3.8, 4) is 0 Å². The van der Waals surface area contributed by atoms with E-state index in [2.05, 4.69) is 21.3 Å². The van der Waals surface area contributed by atoms with Crippen LogP contribution >= 0.6 is 0 Å². The third-order valence-corrected chi connectivity index (χ3v) is 5.92. The Hall–Kier alpha value is -3.03. The topological polar surface area (TPSA) is 86.9 Å². The van der Waals surface area contributed by atoms with E-state index in [1.165, 1.54) is 10.5 Å². The fourth-order valence-corrected chi connectivity index (χ4v) is 4.22. The molecule has 3 aromatic rings. The molecular weight excluding hydrogens is 368 g/mol. The van der Waals surface area contributed by atoms with E-state index in [1.54, 1.807) is 12.3 Å². The summed E-state index contributed by atoms with van der Waals surface area (Å²) in [6.07, 6.45) is 5.24. The molecule has 0 aromatic carbocycles. The van der Waals surface area contributed by atoms with E-state index in [0.29, 0.717) is 6.54 Å². The van der Waals surface area contributed by atoms with Gasteiger partial charge in [0.1, 0.15) is 5.56 Å². The molecule has 7 heteroatoms. The summed E-state index contributed by atoms with van der Waals surface area (Å²) >= 11 is 0. The van der Waals surface area contributed by atoms with Gasteiger partial charge < -0.3 is 10.4 Å². The van der Waals surface area contributed by atoms with E-state index in [9.17, 15) is 14.7 Å². The van der Waals surface area contributed by atoms with Crippen LogP contribution in [0.4, 0.5) is 0 Å². The van der Waals surface area contributed by atoms with Crippen LogP contribution in [0.3, 0.4) is 0 Å². The van der Waals surface area contributed by atoms with E-state index in [4.69, 9.17) is 0 Å². The minimum Gasteiger partial charge on any atom is -0.477 e. The predicted octanol–water partition coefficient (Wildman–Crippen LogP) is 2.10. The third-order valence-electron chi connectivity index (χ3n) is 5.92. The zero-order chi connectivity index (χ0) is 20.4. The Labute approximate surface area is 168 Å². The number of carboxylic acids is 1. The van der Waals surface area contributed by atoms with Crippen LogP contribution in [-0.2, 0) is 12.1 Å². The number of nitrogens with zero attached hydrogens (tertiary/aromatic N) is 3. The molecule has 0 aliphatic carbocycles. The second-order valence-electron chi connectivity index (χ2n) is 7.47. The van der Waals surface area contributed by atoms with Gasteiger partial charge in [0.25, 0.3) is 5.56 Å². The Morgan fingerprint density at radius 2 is 1.97 bits per heavy atom. The van der Waals surface area contributed by atoms with Crippen LogP contribution in [0.25, 0.3) is 5.52 Å². The van der Waals surface area contributed by atoms with Crippen molar-refractivity contribution < 1.29 is 9.90 Å². The number of hydrogen-bond donors (Lipinski definition) is 2. The van der Waals surface area contributed by atoms with Crippen molar-refractivity contribution in [3.05, 3.63) is 82.0 Å². The third kappa shape index (κ3) is 3.54. The lowest BCUT2D eigenvalue weighted by Crippen LogP contribution is -2.50. The number of piperidine rings is 1. The summed E-state index contributed by atoms with van der Waals surface area (Å²) < 4.78 is 1.43. The lowest BCUT2D eigenvalue weighted by molar-refractivity contribution is 0.0694. The van der Waals surface area contributed by atoms with Crippen LogP contribution in [0.15, 0.2) is 59.7 Å². The molecule has 0 unspecified atom stereocenters. The molecule has 1 aliphatic rings. The number of pyridine rings is 3. The smallest absolute Gasteiger partial charge is 0.341 e.